The Morgan fingerprint density at radius 1 is 0.621 bits per heavy atom. The van der Waals surface area contributed by atoms with Crippen molar-refractivity contribution in [2.45, 2.75) is 90.4 Å². The monoisotopic (exact) mass is 417 g/mol. The van der Waals surface area contributed by atoms with Crippen LogP contribution in [0.2, 0.25) is 0 Å². The highest BCUT2D eigenvalue weighted by molar-refractivity contribution is 5.66. The summed E-state index contributed by atoms with van der Waals surface area (Å²) in [6.07, 6.45) is 16.5. The lowest BCUT2D eigenvalue weighted by Crippen LogP contribution is -2.23. The van der Waals surface area contributed by atoms with Crippen LogP contribution < -0.4 is 5.32 Å². The zero-order chi connectivity index (χ0) is 21.3. The maximum atomic E-state index is 10.3. The first-order chi connectivity index (χ1) is 14.3. The lowest BCUT2D eigenvalue weighted by atomic mass is 10.1. The third kappa shape index (κ3) is 27.3. The van der Waals surface area contributed by atoms with Crippen molar-refractivity contribution in [1.82, 2.24) is 5.32 Å². The maximum Gasteiger partial charge on any atom is 0.304 e. The van der Waals surface area contributed by atoms with E-state index in [9.17, 15) is 4.79 Å². The Morgan fingerprint density at radius 3 is 1.59 bits per heavy atom. The average molecular weight is 418 g/mol. The van der Waals surface area contributed by atoms with Crippen LogP contribution in [0.25, 0.3) is 0 Å². The van der Waals surface area contributed by atoms with Gasteiger partial charge in [-0.25, -0.2) is 0 Å². The van der Waals surface area contributed by atoms with Gasteiger partial charge in [0.25, 0.3) is 0 Å². The Kier molecular flexibility index (Phi) is 24.7. The molecule has 0 aromatic carbocycles. The molecular formula is C23H47NO5. The molecule has 0 amide bonds. The molecule has 0 aromatic rings. The molecule has 2 N–H and O–H groups in total. The first kappa shape index (κ1) is 28.3. The molecule has 0 saturated heterocycles. The van der Waals surface area contributed by atoms with E-state index in [0.29, 0.717) is 46.1 Å². The van der Waals surface area contributed by atoms with E-state index < -0.39 is 5.97 Å². The molecule has 0 spiro atoms. The summed E-state index contributed by atoms with van der Waals surface area (Å²) >= 11 is 0. The van der Waals surface area contributed by atoms with Gasteiger partial charge in [-0.05, 0) is 6.42 Å². The maximum absolute atomic E-state index is 10.3. The number of carbonyl (C=O) groups is 1. The molecule has 0 aliphatic heterocycles. The molecule has 0 radical (unpaired) electrons. The smallest absolute Gasteiger partial charge is 0.304 e. The summed E-state index contributed by atoms with van der Waals surface area (Å²) in [5, 5.41) is 11.5. The standard InChI is InChI=1S/C23H47NO5/c1-2-3-4-5-6-7-8-9-10-11-12-13-17-27-19-21-29-22-20-28-18-16-24-15-14-23(25)26/h24H,2-22H2,1H3,(H,25,26). The lowest BCUT2D eigenvalue weighted by Gasteiger charge is -2.07. The van der Waals surface area contributed by atoms with E-state index >= 15 is 0 Å². The second-order valence-corrected chi connectivity index (χ2v) is 7.62. The summed E-state index contributed by atoms with van der Waals surface area (Å²) in [6, 6.07) is 0. The fourth-order valence-electron chi connectivity index (χ4n) is 3.05. The van der Waals surface area contributed by atoms with E-state index in [1.807, 2.05) is 0 Å². The zero-order valence-corrected chi connectivity index (χ0v) is 18.9. The third-order valence-corrected chi connectivity index (χ3v) is 4.83. The first-order valence-corrected chi connectivity index (χ1v) is 11.9. The largest absolute Gasteiger partial charge is 0.481 e. The van der Waals surface area contributed by atoms with Crippen molar-refractivity contribution in [2.75, 3.05) is 52.7 Å². The van der Waals surface area contributed by atoms with Gasteiger partial charge in [-0.3, -0.25) is 4.79 Å². The van der Waals surface area contributed by atoms with Crippen molar-refractivity contribution in [3.05, 3.63) is 0 Å². The van der Waals surface area contributed by atoms with Gasteiger partial charge in [0.15, 0.2) is 0 Å². The average Bonchev–Trinajstić information content (AvgIpc) is 2.71. The van der Waals surface area contributed by atoms with Gasteiger partial charge in [-0.15, -0.1) is 0 Å². The van der Waals surface area contributed by atoms with Gasteiger partial charge in [0.05, 0.1) is 39.5 Å². The molecule has 0 rings (SSSR count). The Bertz CT molecular complexity index is 328. The van der Waals surface area contributed by atoms with Crippen molar-refractivity contribution in [1.29, 1.82) is 0 Å². The molecule has 0 fully saturated rings. The molecule has 6 nitrogen and oxygen atoms in total. The van der Waals surface area contributed by atoms with Gasteiger partial charge in [-0.2, -0.15) is 0 Å². The van der Waals surface area contributed by atoms with Crippen LogP contribution in [0.15, 0.2) is 0 Å². The van der Waals surface area contributed by atoms with Crippen molar-refractivity contribution in [2.24, 2.45) is 0 Å². The van der Waals surface area contributed by atoms with Crippen molar-refractivity contribution in [3.63, 3.8) is 0 Å². The molecule has 0 aliphatic rings. The zero-order valence-electron chi connectivity index (χ0n) is 18.9. The van der Waals surface area contributed by atoms with E-state index in [1.54, 1.807) is 0 Å². The van der Waals surface area contributed by atoms with E-state index in [4.69, 9.17) is 19.3 Å². The van der Waals surface area contributed by atoms with Crippen LogP contribution in [0.1, 0.15) is 90.4 Å². The summed E-state index contributed by atoms with van der Waals surface area (Å²) < 4.78 is 16.4. The molecule has 29 heavy (non-hydrogen) atoms. The highest BCUT2D eigenvalue weighted by atomic mass is 16.5. The summed E-state index contributed by atoms with van der Waals surface area (Å²) in [5.41, 5.74) is 0. The Morgan fingerprint density at radius 2 is 1.07 bits per heavy atom. The highest BCUT2D eigenvalue weighted by Crippen LogP contribution is 2.11. The fourth-order valence-corrected chi connectivity index (χ4v) is 3.05. The number of aliphatic carboxylic acids is 1. The summed E-state index contributed by atoms with van der Waals surface area (Å²) in [7, 11) is 0. The van der Waals surface area contributed by atoms with Gasteiger partial charge in [0, 0.05) is 19.7 Å². The molecule has 0 saturated carbocycles. The van der Waals surface area contributed by atoms with Crippen LogP contribution in [0.5, 0.6) is 0 Å². The van der Waals surface area contributed by atoms with Gasteiger partial charge >= 0.3 is 5.97 Å². The number of hydrogen-bond acceptors (Lipinski definition) is 5. The molecule has 0 aliphatic carbocycles. The topological polar surface area (TPSA) is 77.0 Å². The minimum Gasteiger partial charge on any atom is -0.481 e. The van der Waals surface area contributed by atoms with E-state index in [0.717, 1.165) is 13.0 Å². The van der Waals surface area contributed by atoms with Crippen LogP contribution in [0.3, 0.4) is 0 Å². The molecule has 6 heteroatoms. The Labute approximate surface area is 179 Å². The van der Waals surface area contributed by atoms with E-state index in [1.165, 1.54) is 70.6 Å². The lowest BCUT2D eigenvalue weighted by molar-refractivity contribution is -0.136. The van der Waals surface area contributed by atoms with Gasteiger partial charge in [-0.1, -0.05) is 77.6 Å². The summed E-state index contributed by atoms with van der Waals surface area (Å²) in [4.78, 5) is 10.3. The van der Waals surface area contributed by atoms with Gasteiger partial charge < -0.3 is 24.6 Å². The second-order valence-electron chi connectivity index (χ2n) is 7.62. The molecule has 0 atom stereocenters. The molecule has 0 bridgehead atoms. The number of nitrogens with one attached hydrogen (secondary N) is 1. The van der Waals surface area contributed by atoms with Crippen molar-refractivity contribution < 1.29 is 24.1 Å². The van der Waals surface area contributed by atoms with Crippen LogP contribution >= 0.6 is 0 Å². The third-order valence-electron chi connectivity index (χ3n) is 4.83. The molecule has 0 heterocycles. The van der Waals surface area contributed by atoms with E-state index in [2.05, 4.69) is 12.2 Å². The van der Waals surface area contributed by atoms with Crippen molar-refractivity contribution in [3.8, 4) is 0 Å². The predicted octanol–water partition coefficient (Wildman–Crippen LogP) is 4.80. The van der Waals surface area contributed by atoms with Crippen molar-refractivity contribution >= 4 is 5.97 Å². The number of carboxylic acid groups (broad SMARTS) is 1. The minimum atomic E-state index is -0.784. The number of carboxylic acids is 1. The molecular weight excluding hydrogens is 370 g/mol. The van der Waals surface area contributed by atoms with Gasteiger partial charge in [0.2, 0.25) is 0 Å². The minimum absolute atomic E-state index is 0.141. The van der Waals surface area contributed by atoms with Gasteiger partial charge in [0.1, 0.15) is 0 Å². The molecule has 0 aromatic heterocycles. The van der Waals surface area contributed by atoms with Crippen LogP contribution in [-0.2, 0) is 19.0 Å². The fraction of sp³-hybridized carbons (Fsp3) is 0.957. The summed E-state index contributed by atoms with van der Waals surface area (Å²) in [5.74, 6) is -0.784. The quantitative estimate of drug-likeness (QED) is 0.208. The molecule has 0 unspecified atom stereocenters. The SMILES string of the molecule is CCCCCCCCCCCCCCOCCOCCOCCNCCC(=O)O. The second kappa shape index (κ2) is 25.3. The normalized spacial score (nSPS) is 11.2. The first-order valence-electron chi connectivity index (χ1n) is 11.9. The number of hydrogen-bond donors (Lipinski definition) is 2. The highest BCUT2D eigenvalue weighted by Gasteiger charge is 1.96. The Hall–Kier alpha value is -0.690. The predicted molar refractivity (Wildman–Crippen MR) is 119 cm³/mol. The Balaban J connectivity index is 2.99. The van der Waals surface area contributed by atoms with E-state index in [-0.39, 0.29) is 6.42 Å². The molecule has 174 valence electrons. The van der Waals surface area contributed by atoms with Crippen LogP contribution in [-0.4, -0.2) is 63.8 Å². The van der Waals surface area contributed by atoms with Crippen LogP contribution in [0.4, 0.5) is 0 Å². The number of ether oxygens (including phenoxy) is 3. The number of rotatable bonds is 25. The summed E-state index contributed by atoms with van der Waals surface area (Å²) in [6.45, 7) is 7.19. The number of unbranched alkanes of at least 4 members (excludes halogenated alkanes) is 11. The van der Waals surface area contributed by atoms with Crippen LogP contribution in [0, 0.1) is 0 Å².